The fourth-order valence-corrected chi connectivity index (χ4v) is 3.32. The van der Waals surface area contributed by atoms with Crippen LogP contribution < -0.4 is 10.6 Å². The van der Waals surface area contributed by atoms with Gasteiger partial charge in [0, 0.05) is 28.6 Å². The van der Waals surface area contributed by atoms with E-state index in [1.54, 1.807) is 30.3 Å². The fourth-order valence-electron chi connectivity index (χ4n) is 3.11. The van der Waals surface area contributed by atoms with Crippen LogP contribution in [-0.2, 0) is 4.79 Å². The molecule has 142 valence electrons. The van der Waals surface area contributed by atoms with Gasteiger partial charge in [-0.2, -0.15) is 0 Å². The second-order valence-electron chi connectivity index (χ2n) is 6.87. The summed E-state index contributed by atoms with van der Waals surface area (Å²) in [5.41, 5.74) is 2.50. The van der Waals surface area contributed by atoms with Gasteiger partial charge in [-0.15, -0.1) is 0 Å². The molecule has 0 radical (unpaired) electrons. The van der Waals surface area contributed by atoms with Crippen LogP contribution in [0.25, 0.3) is 5.70 Å². The third-order valence-corrected chi connectivity index (χ3v) is 5.08. The number of halogens is 1. The molecular formula is C21H18ClN3O3. The molecule has 4 rings (SSSR count). The minimum Gasteiger partial charge on any atom is -0.349 e. The van der Waals surface area contributed by atoms with Gasteiger partial charge in [0.25, 0.3) is 11.8 Å². The Morgan fingerprint density at radius 3 is 2.54 bits per heavy atom. The molecule has 7 heteroatoms. The van der Waals surface area contributed by atoms with E-state index in [4.69, 9.17) is 11.6 Å². The van der Waals surface area contributed by atoms with Crippen LogP contribution in [-0.4, -0.2) is 35.2 Å². The first-order valence-electron chi connectivity index (χ1n) is 8.94. The molecule has 1 aliphatic heterocycles. The summed E-state index contributed by atoms with van der Waals surface area (Å²) >= 11 is 6.12. The Hall–Kier alpha value is -3.12. The Morgan fingerprint density at radius 1 is 1.14 bits per heavy atom. The van der Waals surface area contributed by atoms with Gasteiger partial charge in [-0.3, -0.25) is 19.3 Å². The predicted octanol–water partition coefficient (Wildman–Crippen LogP) is 3.30. The summed E-state index contributed by atoms with van der Waals surface area (Å²) in [7, 11) is 0. The second kappa shape index (κ2) is 7.13. The number of hydrogen-bond acceptors (Lipinski definition) is 3. The van der Waals surface area contributed by atoms with Crippen molar-refractivity contribution in [2.45, 2.75) is 18.9 Å². The molecule has 0 saturated heterocycles. The minimum atomic E-state index is -0.391. The number of carbonyl (C=O) groups is 3. The van der Waals surface area contributed by atoms with Gasteiger partial charge in [0.1, 0.15) is 6.54 Å². The number of nitrogens with one attached hydrogen (secondary N) is 2. The van der Waals surface area contributed by atoms with E-state index in [1.807, 2.05) is 6.07 Å². The summed E-state index contributed by atoms with van der Waals surface area (Å²) in [5, 5.41) is 5.90. The van der Waals surface area contributed by atoms with Crippen molar-refractivity contribution in [1.29, 1.82) is 0 Å². The van der Waals surface area contributed by atoms with Crippen LogP contribution in [0.2, 0.25) is 5.02 Å². The summed E-state index contributed by atoms with van der Waals surface area (Å²) in [6, 6.07) is 12.0. The molecule has 1 heterocycles. The molecule has 1 aliphatic carbocycles. The average molecular weight is 396 g/mol. The number of amides is 3. The van der Waals surface area contributed by atoms with Crippen LogP contribution >= 0.6 is 11.6 Å². The van der Waals surface area contributed by atoms with Crippen LogP contribution in [0.5, 0.6) is 0 Å². The number of hydrogen-bond donors (Lipinski definition) is 2. The first kappa shape index (κ1) is 18.3. The molecule has 0 bridgehead atoms. The first-order chi connectivity index (χ1) is 13.4. The van der Waals surface area contributed by atoms with E-state index in [0.29, 0.717) is 27.5 Å². The van der Waals surface area contributed by atoms with Crippen molar-refractivity contribution in [3.63, 3.8) is 0 Å². The smallest absolute Gasteiger partial charge is 0.259 e. The topological polar surface area (TPSA) is 78.5 Å². The molecule has 3 amide bonds. The lowest BCUT2D eigenvalue weighted by Gasteiger charge is -2.17. The summed E-state index contributed by atoms with van der Waals surface area (Å²) in [5.74, 6) is -0.906. The summed E-state index contributed by atoms with van der Waals surface area (Å²) in [6.07, 6.45) is 1.94. The van der Waals surface area contributed by atoms with Gasteiger partial charge in [-0.25, -0.2) is 0 Å². The third kappa shape index (κ3) is 3.51. The molecule has 0 spiro atoms. The lowest BCUT2D eigenvalue weighted by Crippen LogP contribution is -2.32. The van der Waals surface area contributed by atoms with Gasteiger partial charge in [-0.1, -0.05) is 36.4 Å². The number of nitrogens with zero attached hydrogens (tertiary/aromatic N) is 1. The van der Waals surface area contributed by atoms with Crippen LogP contribution in [0.1, 0.15) is 39.1 Å². The molecule has 2 aliphatic rings. The highest BCUT2D eigenvalue weighted by molar-refractivity contribution is 6.34. The second-order valence-corrected chi connectivity index (χ2v) is 7.28. The normalized spacial score (nSPS) is 15.4. The number of benzene rings is 2. The molecular weight excluding hydrogens is 378 g/mol. The third-order valence-electron chi connectivity index (χ3n) is 4.75. The van der Waals surface area contributed by atoms with Crippen LogP contribution in [0, 0.1) is 0 Å². The zero-order valence-corrected chi connectivity index (χ0v) is 15.8. The van der Waals surface area contributed by atoms with Crippen LogP contribution in [0.15, 0.2) is 49.0 Å². The summed E-state index contributed by atoms with van der Waals surface area (Å²) in [6.45, 7) is 3.76. The number of carbonyl (C=O) groups excluding carboxylic acids is 3. The van der Waals surface area contributed by atoms with E-state index in [2.05, 4.69) is 17.2 Å². The summed E-state index contributed by atoms with van der Waals surface area (Å²) < 4.78 is 0. The van der Waals surface area contributed by atoms with Crippen molar-refractivity contribution in [2.24, 2.45) is 0 Å². The highest BCUT2D eigenvalue weighted by atomic mass is 35.5. The lowest BCUT2D eigenvalue weighted by molar-refractivity contribution is -0.116. The van der Waals surface area contributed by atoms with Crippen molar-refractivity contribution in [3.8, 4) is 0 Å². The van der Waals surface area contributed by atoms with Gasteiger partial charge < -0.3 is 10.6 Å². The van der Waals surface area contributed by atoms with E-state index < -0.39 is 5.91 Å². The zero-order chi connectivity index (χ0) is 19.8. The fraction of sp³-hybridized carbons (Fsp3) is 0.190. The average Bonchev–Trinajstić information content (AvgIpc) is 3.46. The van der Waals surface area contributed by atoms with Gasteiger partial charge in [0.05, 0.1) is 10.6 Å². The predicted molar refractivity (Wildman–Crippen MR) is 107 cm³/mol. The highest BCUT2D eigenvalue weighted by Crippen LogP contribution is 2.31. The number of fused-ring (bicyclic) bond motifs is 1. The Morgan fingerprint density at radius 2 is 1.86 bits per heavy atom. The van der Waals surface area contributed by atoms with Gasteiger partial charge in [0.2, 0.25) is 5.91 Å². The molecule has 2 aromatic rings. The monoisotopic (exact) mass is 395 g/mol. The zero-order valence-electron chi connectivity index (χ0n) is 15.0. The number of anilines is 1. The standard InChI is InChI=1S/C21H18ClN3O3/c1-12-15-4-2-3-5-16(15)21(28)25(12)11-19(26)23-14-8-9-18(22)17(10-14)20(27)24-13-6-7-13/h2-5,8-10,13H,1,6-7,11H2,(H,23,26)(H,24,27). The maximum Gasteiger partial charge on any atom is 0.259 e. The minimum absolute atomic E-state index is 0.168. The van der Waals surface area contributed by atoms with Crippen molar-refractivity contribution < 1.29 is 14.4 Å². The summed E-state index contributed by atoms with van der Waals surface area (Å²) in [4.78, 5) is 38.6. The van der Waals surface area contributed by atoms with Gasteiger partial charge >= 0.3 is 0 Å². The molecule has 2 N–H and O–H groups in total. The number of rotatable bonds is 5. The largest absolute Gasteiger partial charge is 0.349 e. The van der Waals surface area contributed by atoms with Gasteiger partial charge in [-0.05, 0) is 37.1 Å². The lowest BCUT2D eigenvalue weighted by atomic mass is 10.1. The van der Waals surface area contributed by atoms with E-state index in [1.165, 1.54) is 11.0 Å². The van der Waals surface area contributed by atoms with E-state index in [-0.39, 0.29) is 24.4 Å². The SMILES string of the molecule is C=C1c2ccccc2C(=O)N1CC(=O)Nc1ccc(Cl)c(C(=O)NC2CC2)c1. The van der Waals surface area contributed by atoms with Crippen molar-refractivity contribution in [2.75, 3.05) is 11.9 Å². The Kier molecular flexibility index (Phi) is 4.65. The van der Waals surface area contributed by atoms with Crippen molar-refractivity contribution >= 4 is 40.7 Å². The first-order valence-corrected chi connectivity index (χ1v) is 9.32. The Bertz CT molecular complexity index is 979. The highest BCUT2D eigenvalue weighted by Gasteiger charge is 2.32. The maximum atomic E-state index is 12.5. The van der Waals surface area contributed by atoms with Crippen LogP contribution in [0.4, 0.5) is 5.69 Å². The molecule has 0 aromatic heterocycles. The molecule has 2 aromatic carbocycles. The quantitative estimate of drug-likeness (QED) is 0.815. The molecule has 1 saturated carbocycles. The van der Waals surface area contributed by atoms with E-state index in [0.717, 1.165) is 18.4 Å². The van der Waals surface area contributed by atoms with E-state index >= 15 is 0 Å². The molecule has 0 atom stereocenters. The maximum absolute atomic E-state index is 12.5. The van der Waals surface area contributed by atoms with E-state index in [9.17, 15) is 14.4 Å². The Labute approximate surface area is 167 Å². The molecule has 0 unspecified atom stereocenters. The van der Waals surface area contributed by atoms with Crippen molar-refractivity contribution in [3.05, 3.63) is 70.8 Å². The van der Waals surface area contributed by atoms with Gasteiger partial charge in [0.15, 0.2) is 0 Å². The van der Waals surface area contributed by atoms with Crippen molar-refractivity contribution in [1.82, 2.24) is 10.2 Å². The molecule has 1 fully saturated rings. The Balaban J connectivity index is 1.45. The van der Waals surface area contributed by atoms with Crippen LogP contribution in [0.3, 0.4) is 0 Å². The molecule has 28 heavy (non-hydrogen) atoms. The molecule has 6 nitrogen and oxygen atoms in total.